The second-order valence-electron chi connectivity index (χ2n) is 5.22. The molecule has 4 nitrogen and oxygen atoms in total. The first-order valence-electron chi connectivity index (χ1n) is 6.81. The molecular formula is C16H17NO3. The number of hydrogen-bond donors (Lipinski definition) is 1. The Morgan fingerprint density at radius 3 is 3.00 bits per heavy atom. The van der Waals surface area contributed by atoms with E-state index in [4.69, 9.17) is 9.52 Å². The van der Waals surface area contributed by atoms with Crippen LogP contribution < -0.4 is 4.90 Å². The van der Waals surface area contributed by atoms with E-state index in [9.17, 15) is 4.79 Å². The summed E-state index contributed by atoms with van der Waals surface area (Å²) in [6.07, 6.45) is 3.60. The van der Waals surface area contributed by atoms with Crippen LogP contribution in [0.15, 0.2) is 41.0 Å². The Morgan fingerprint density at radius 2 is 2.20 bits per heavy atom. The molecule has 1 atom stereocenters. The number of anilines is 1. The Balaban J connectivity index is 1.94. The van der Waals surface area contributed by atoms with E-state index in [2.05, 4.69) is 24.0 Å². The van der Waals surface area contributed by atoms with Crippen LogP contribution in [0.1, 0.15) is 35.0 Å². The van der Waals surface area contributed by atoms with Crippen molar-refractivity contribution < 1.29 is 14.3 Å². The van der Waals surface area contributed by atoms with Crippen LogP contribution >= 0.6 is 0 Å². The highest BCUT2D eigenvalue weighted by Crippen LogP contribution is 2.32. The minimum atomic E-state index is -1.01. The molecule has 0 radical (unpaired) electrons. The van der Waals surface area contributed by atoms with Gasteiger partial charge in [-0.2, -0.15) is 0 Å². The molecule has 0 fully saturated rings. The predicted molar refractivity (Wildman–Crippen MR) is 76.1 cm³/mol. The van der Waals surface area contributed by atoms with Gasteiger partial charge in [0.05, 0.1) is 6.26 Å². The molecule has 1 aliphatic rings. The fourth-order valence-corrected chi connectivity index (χ4v) is 2.83. The number of hydrogen-bond acceptors (Lipinski definition) is 3. The zero-order valence-corrected chi connectivity index (χ0v) is 11.4. The average molecular weight is 271 g/mol. The number of benzene rings is 1. The fourth-order valence-electron chi connectivity index (χ4n) is 2.83. The molecule has 1 N–H and O–H groups in total. The van der Waals surface area contributed by atoms with Crippen molar-refractivity contribution in [1.82, 2.24) is 0 Å². The highest BCUT2D eigenvalue weighted by molar-refractivity contribution is 5.86. The maximum Gasteiger partial charge on any atom is 0.372 e. The molecular weight excluding hydrogens is 254 g/mol. The molecule has 1 aromatic carbocycles. The van der Waals surface area contributed by atoms with E-state index in [1.165, 1.54) is 17.5 Å². The topological polar surface area (TPSA) is 53.7 Å². The third-order valence-corrected chi connectivity index (χ3v) is 3.95. The third-order valence-electron chi connectivity index (χ3n) is 3.95. The maximum atomic E-state index is 11.1. The number of para-hydroxylation sites is 1. The Kier molecular flexibility index (Phi) is 3.22. The van der Waals surface area contributed by atoms with Crippen molar-refractivity contribution in [3.8, 4) is 0 Å². The number of rotatable bonds is 3. The van der Waals surface area contributed by atoms with E-state index in [0.29, 0.717) is 12.6 Å². The van der Waals surface area contributed by atoms with Gasteiger partial charge in [0.1, 0.15) is 0 Å². The van der Waals surface area contributed by atoms with Crippen LogP contribution in [0.4, 0.5) is 5.69 Å². The van der Waals surface area contributed by atoms with Crippen molar-refractivity contribution in [2.24, 2.45) is 0 Å². The quantitative estimate of drug-likeness (QED) is 0.930. The molecule has 0 aliphatic carbocycles. The Morgan fingerprint density at radius 1 is 1.40 bits per heavy atom. The van der Waals surface area contributed by atoms with Crippen LogP contribution in [0.3, 0.4) is 0 Å². The van der Waals surface area contributed by atoms with Gasteiger partial charge in [0, 0.05) is 23.8 Å². The Labute approximate surface area is 117 Å². The summed E-state index contributed by atoms with van der Waals surface area (Å²) in [5.74, 6) is -0.969. The predicted octanol–water partition coefficient (Wildman–Crippen LogP) is 3.32. The molecule has 1 unspecified atom stereocenters. The number of carboxylic acids is 1. The number of aromatic carboxylic acids is 1. The van der Waals surface area contributed by atoms with Gasteiger partial charge in [-0.05, 0) is 37.5 Å². The molecule has 2 aromatic rings. The highest BCUT2D eigenvalue weighted by atomic mass is 16.4. The lowest BCUT2D eigenvalue weighted by Gasteiger charge is -2.37. The van der Waals surface area contributed by atoms with Gasteiger partial charge < -0.3 is 14.4 Å². The summed E-state index contributed by atoms with van der Waals surface area (Å²) in [5.41, 5.74) is 3.25. The van der Waals surface area contributed by atoms with Crippen molar-refractivity contribution in [2.75, 3.05) is 4.90 Å². The molecule has 0 bridgehead atoms. The summed E-state index contributed by atoms with van der Waals surface area (Å²) >= 11 is 0. The minimum absolute atomic E-state index is 0.0419. The van der Waals surface area contributed by atoms with Crippen molar-refractivity contribution in [1.29, 1.82) is 0 Å². The zero-order chi connectivity index (χ0) is 14.1. The number of aryl methyl sites for hydroxylation is 1. The molecule has 104 valence electrons. The zero-order valence-electron chi connectivity index (χ0n) is 11.4. The lowest BCUT2D eigenvalue weighted by Crippen LogP contribution is -2.36. The largest absolute Gasteiger partial charge is 0.475 e. The van der Waals surface area contributed by atoms with Gasteiger partial charge in [0.25, 0.3) is 0 Å². The minimum Gasteiger partial charge on any atom is -0.475 e. The van der Waals surface area contributed by atoms with Crippen LogP contribution in [0.5, 0.6) is 0 Å². The molecule has 0 spiro atoms. The summed E-state index contributed by atoms with van der Waals surface area (Å²) in [7, 11) is 0. The molecule has 4 heteroatoms. The van der Waals surface area contributed by atoms with E-state index in [1.54, 1.807) is 6.07 Å². The fraction of sp³-hybridized carbons (Fsp3) is 0.312. The second-order valence-corrected chi connectivity index (χ2v) is 5.22. The van der Waals surface area contributed by atoms with Crippen LogP contribution in [0.2, 0.25) is 0 Å². The Bertz CT molecular complexity index is 632. The van der Waals surface area contributed by atoms with Crippen molar-refractivity contribution >= 4 is 11.7 Å². The number of nitrogens with zero attached hydrogens (tertiary/aromatic N) is 1. The van der Waals surface area contributed by atoms with Crippen molar-refractivity contribution in [3.05, 3.63) is 53.5 Å². The molecule has 0 saturated carbocycles. The van der Waals surface area contributed by atoms with E-state index in [1.807, 2.05) is 12.1 Å². The highest BCUT2D eigenvalue weighted by Gasteiger charge is 2.25. The molecule has 1 aromatic heterocycles. The van der Waals surface area contributed by atoms with Crippen molar-refractivity contribution in [3.63, 3.8) is 0 Å². The molecule has 3 rings (SSSR count). The molecule has 2 heterocycles. The molecule has 0 saturated heterocycles. The summed E-state index contributed by atoms with van der Waals surface area (Å²) in [5, 5.41) is 9.13. The molecule has 0 amide bonds. The van der Waals surface area contributed by atoms with Gasteiger partial charge in [-0.3, -0.25) is 0 Å². The SMILES string of the molecule is CC1CCc2ccccc2N1Cc1ccoc1C(=O)O. The maximum absolute atomic E-state index is 11.1. The monoisotopic (exact) mass is 271 g/mol. The summed E-state index contributed by atoms with van der Waals surface area (Å²) in [6.45, 7) is 2.74. The van der Waals surface area contributed by atoms with E-state index in [0.717, 1.165) is 18.4 Å². The van der Waals surface area contributed by atoms with Crippen molar-refractivity contribution in [2.45, 2.75) is 32.4 Å². The summed E-state index contributed by atoms with van der Waals surface area (Å²) in [6, 6.07) is 10.5. The Hall–Kier alpha value is -2.23. The third kappa shape index (κ3) is 2.18. The van der Waals surface area contributed by atoms with E-state index >= 15 is 0 Å². The van der Waals surface area contributed by atoms with Gasteiger partial charge in [-0.1, -0.05) is 18.2 Å². The van der Waals surface area contributed by atoms with E-state index < -0.39 is 5.97 Å². The van der Waals surface area contributed by atoms with Gasteiger partial charge in [-0.25, -0.2) is 4.79 Å². The molecule has 20 heavy (non-hydrogen) atoms. The first-order chi connectivity index (χ1) is 9.66. The van der Waals surface area contributed by atoms with Gasteiger partial charge in [0.2, 0.25) is 5.76 Å². The standard InChI is InChI=1S/C16H17NO3/c1-11-6-7-12-4-2-3-5-14(12)17(11)10-13-8-9-20-15(13)16(18)19/h2-5,8-9,11H,6-7,10H2,1H3,(H,18,19). The van der Waals surface area contributed by atoms with Crippen LogP contribution in [0, 0.1) is 0 Å². The van der Waals surface area contributed by atoms with Gasteiger partial charge >= 0.3 is 5.97 Å². The number of carboxylic acid groups (broad SMARTS) is 1. The van der Waals surface area contributed by atoms with E-state index in [-0.39, 0.29) is 5.76 Å². The number of furan rings is 1. The summed E-state index contributed by atoms with van der Waals surface area (Å²) in [4.78, 5) is 13.4. The number of carbonyl (C=O) groups is 1. The van der Waals surface area contributed by atoms with Crippen LogP contribution in [0.25, 0.3) is 0 Å². The van der Waals surface area contributed by atoms with Crippen LogP contribution in [-0.4, -0.2) is 17.1 Å². The first-order valence-corrected chi connectivity index (χ1v) is 6.81. The smallest absolute Gasteiger partial charge is 0.372 e. The summed E-state index contributed by atoms with van der Waals surface area (Å²) < 4.78 is 5.06. The van der Waals surface area contributed by atoms with Crippen LogP contribution in [-0.2, 0) is 13.0 Å². The molecule has 1 aliphatic heterocycles. The lowest BCUT2D eigenvalue weighted by molar-refractivity contribution is 0.0660. The van der Waals surface area contributed by atoms with Gasteiger partial charge in [-0.15, -0.1) is 0 Å². The number of fused-ring (bicyclic) bond motifs is 1. The first kappa shape index (κ1) is 12.8. The second kappa shape index (κ2) is 5.04. The van der Waals surface area contributed by atoms with Gasteiger partial charge in [0.15, 0.2) is 0 Å². The normalized spacial score (nSPS) is 17.9. The average Bonchev–Trinajstić information content (AvgIpc) is 2.90. The lowest BCUT2D eigenvalue weighted by atomic mass is 9.96.